The first-order valence-corrected chi connectivity index (χ1v) is 10.2. The van der Waals surface area contributed by atoms with Gasteiger partial charge in [0.1, 0.15) is 11.9 Å². The van der Waals surface area contributed by atoms with E-state index in [1.807, 2.05) is 6.07 Å². The molecule has 0 spiro atoms. The number of ether oxygens (including phenoxy) is 1. The lowest BCUT2D eigenvalue weighted by molar-refractivity contribution is -0.124. The number of nitrogens with zero attached hydrogens (tertiary/aromatic N) is 2. The first-order valence-electron chi connectivity index (χ1n) is 10.2. The largest absolute Gasteiger partial charge is 0.368 e. The summed E-state index contributed by atoms with van der Waals surface area (Å²) in [6.07, 6.45) is 6.50. The Hall–Kier alpha value is -2.93. The molecule has 0 bridgehead atoms. The van der Waals surface area contributed by atoms with Crippen LogP contribution in [0.4, 0.5) is 17.2 Å². The Morgan fingerprint density at radius 3 is 2.38 bits per heavy atom. The zero-order valence-corrected chi connectivity index (χ0v) is 16.4. The van der Waals surface area contributed by atoms with Crippen LogP contribution in [0.1, 0.15) is 42.5 Å². The lowest BCUT2D eigenvalue weighted by atomic mass is 10.1. The van der Waals surface area contributed by atoms with Gasteiger partial charge >= 0.3 is 0 Å². The van der Waals surface area contributed by atoms with Crippen LogP contribution in [0, 0.1) is 0 Å². The number of hydrogen-bond donors (Lipinski definition) is 2. The third-order valence-corrected chi connectivity index (χ3v) is 5.32. The molecule has 2 N–H and O–H groups in total. The van der Waals surface area contributed by atoms with Crippen molar-refractivity contribution < 1.29 is 14.3 Å². The molecule has 0 aliphatic carbocycles. The number of anilines is 3. The van der Waals surface area contributed by atoms with Gasteiger partial charge in [-0.1, -0.05) is 0 Å². The molecule has 1 aromatic heterocycles. The zero-order chi connectivity index (χ0) is 20.1. The van der Waals surface area contributed by atoms with Crippen molar-refractivity contribution >= 4 is 29.0 Å². The highest BCUT2D eigenvalue weighted by molar-refractivity contribution is 6.07. The fourth-order valence-corrected chi connectivity index (χ4v) is 3.77. The molecule has 1 atom stereocenters. The molecule has 0 unspecified atom stereocenters. The summed E-state index contributed by atoms with van der Waals surface area (Å²) < 4.78 is 5.39. The maximum absolute atomic E-state index is 12.9. The fourth-order valence-electron chi connectivity index (χ4n) is 3.77. The lowest BCUT2D eigenvalue weighted by Gasteiger charge is -2.29. The summed E-state index contributed by atoms with van der Waals surface area (Å²) in [6, 6.07) is 10.7. The van der Waals surface area contributed by atoms with Gasteiger partial charge in [-0.15, -0.1) is 0 Å². The van der Waals surface area contributed by atoms with Crippen molar-refractivity contribution in [2.45, 2.75) is 38.2 Å². The Labute approximate surface area is 170 Å². The van der Waals surface area contributed by atoms with Gasteiger partial charge < -0.3 is 20.3 Å². The van der Waals surface area contributed by atoms with Crippen LogP contribution < -0.4 is 15.5 Å². The summed E-state index contributed by atoms with van der Waals surface area (Å²) in [4.78, 5) is 31.6. The van der Waals surface area contributed by atoms with Crippen LogP contribution in [-0.4, -0.2) is 42.6 Å². The van der Waals surface area contributed by atoms with Crippen LogP contribution in [0.2, 0.25) is 0 Å². The second-order valence-corrected chi connectivity index (χ2v) is 7.44. The van der Waals surface area contributed by atoms with Gasteiger partial charge in [0.15, 0.2) is 0 Å². The van der Waals surface area contributed by atoms with Crippen LogP contribution in [0.5, 0.6) is 0 Å². The predicted octanol–water partition coefficient (Wildman–Crippen LogP) is 3.44. The van der Waals surface area contributed by atoms with Crippen LogP contribution in [0.15, 0.2) is 42.6 Å². The molecule has 2 saturated heterocycles. The van der Waals surface area contributed by atoms with Gasteiger partial charge in [0.05, 0.1) is 5.56 Å². The van der Waals surface area contributed by atoms with E-state index < -0.39 is 0 Å². The van der Waals surface area contributed by atoms with Crippen LogP contribution in [0.3, 0.4) is 0 Å². The number of carbonyl (C=O) groups excluding carboxylic acids is 2. The van der Waals surface area contributed by atoms with E-state index in [-0.39, 0.29) is 17.9 Å². The standard InChI is InChI=1S/C22H26N4O3/c27-21(18-6-4-12-23-20(18)26-13-2-1-3-14-26)24-16-8-10-17(11-9-16)25-22(28)19-7-5-15-29-19/h4,6,8-12,19H,1-3,5,7,13-15H2,(H,24,27)(H,25,28)/t19-/m0/s1. The van der Waals surface area contributed by atoms with Gasteiger partial charge in [-0.25, -0.2) is 4.98 Å². The minimum atomic E-state index is -0.367. The summed E-state index contributed by atoms with van der Waals surface area (Å²) in [5, 5.41) is 5.79. The van der Waals surface area contributed by atoms with Crippen molar-refractivity contribution in [1.29, 1.82) is 0 Å². The minimum Gasteiger partial charge on any atom is -0.368 e. The number of carbonyl (C=O) groups is 2. The smallest absolute Gasteiger partial charge is 0.259 e. The highest BCUT2D eigenvalue weighted by Crippen LogP contribution is 2.23. The average Bonchev–Trinajstić information content (AvgIpc) is 3.31. The first kappa shape index (κ1) is 19.4. The fraction of sp³-hybridized carbons (Fsp3) is 0.409. The normalized spacial score (nSPS) is 19.0. The molecule has 4 rings (SSSR count). The van der Waals surface area contributed by atoms with Gasteiger partial charge in [0.2, 0.25) is 0 Å². The SMILES string of the molecule is O=C(Nc1ccc(NC(=O)[C@@H]2CCCO2)cc1)c1cccnc1N1CCCCC1. The molecule has 2 aliphatic rings. The highest BCUT2D eigenvalue weighted by atomic mass is 16.5. The van der Waals surface area contributed by atoms with Crippen LogP contribution in [0.25, 0.3) is 0 Å². The molecule has 1 aromatic carbocycles. The lowest BCUT2D eigenvalue weighted by Crippen LogP contribution is -2.32. The van der Waals surface area contributed by atoms with E-state index in [0.29, 0.717) is 23.5 Å². The third-order valence-electron chi connectivity index (χ3n) is 5.32. The first-order chi connectivity index (χ1) is 14.2. The molecule has 2 amide bonds. The number of hydrogen-bond acceptors (Lipinski definition) is 5. The van der Waals surface area contributed by atoms with Crippen molar-refractivity contribution in [2.24, 2.45) is 0 Å². The Bertz CT molecular complexity index is 857. The van der Waals surface area contributed by atoms with Crippen molar-refractivity contribution in [3.8, 4) is 0 Å². The molecule has 7 nitrogen and oxygen atoms in total. The quantitative estimate of drug-likeness (QED) is 0.812. The zero-order valence-electron chi connectivity index (χ0n) is 16.4. The number of amides is 2. The maximum atomic E-state index is 12.9. The van der Waals surface area contributed by atoms with Crippen molar-refractivity contribution in [3.63, 3.8) is 0 Å². The Morgan fingerprint density at radius 2 is 1.69 bits per heavy atom. The minimum absolute atomic E-state index is 0.124. The molecule has 2 aliphatic heterocycles. The maximum Gasteiger partial charge on any atom is 0.259 e. The van der Waals surface area contributed by atoms with E-state index in [2.05, 4.69) is 20.5 Å². The van der Waals surface area contributed by atoms with E-state index in [1.165, 1.54) is 6.42 Å². The van der Waals surface area contributed by atoms with E-state index in [1.54, 1.807) is 36.5 Å². The molecule has 29 heavy (non-hydrogen) atoms. The second-order valence-electron chi connectivity index (χ2n) is 7.44. The van der Waals surface area contributed by atoms with Crippen molar-refractivity contribution in [1.82, 2.24) is 4.98 Å². The summed E-state index contributed by atoms with van der Waals surface area (Å²) in [7, 11) is 0. The number of piperidine rings is 1. The van der Waals surface area contributed by atoms with E-state index in [4.69, 9.17) is 4.74 Å². The van der Waals surface area contributed by atoms with Crippen molar-refractivity contribution in [3.05, 3.63) is 48.2 Å². The number of nitrogens with one attached hydrogen (secondary N) is 2. The Balaban J connectivity index is 1.40. The molecule has 3 heterocycles. The number of pyridine rings is 1. The molecule has 2 fully saturated rings. The summed E-state index contributed by atoms with van der Waals surface area (Å²) in [5.41, 5.74) is 1.92. The van der Waals surface area contributed by atoms with Crippen molar-refractivity contribution in [2.75, 3.05) is 35.2 Å². The molecular formula is C22H26N4O3. The Morgan fingerprint density at radius 1 is 0.966 bits per heavy atom. The van der Waals surface area contributed by atoms with E-state index in [9.17, 15) is 9.59 Å². The molecular weight excluding hydrogens is 368 g/mol. The second kappa shape index (κ2) is 9.05. The number of benzene rings is 1. The van der Waals surface area contributed by atoms with Gasteiger partial charge in [-0.2, -0.15) is 0 Å². The van der Waals surface area contributed by atoms with Gasteiger partial charge in [-0.05, 0) is 68.5 Å². The van der Waals surface area contributed by atoms with Crippen LogP contribution >= 0.6 is 0 Å². The number of aromatic nitrogens is 1. The molecule has 152 valence electrons. The van der Waals surface area contributed by atoms with Gasteiger partial charge in [0.25, 0.3) is 11.8 Å². The van der Waals surface area contributed by atoms with Gasteiger partial charge in [0, 0.05) is 37.3 Å². The van der Waals surface area contributed by atoms with E-state index in [0.717, 1.165) is 44.6 Å². The molecule has 2 aromatic rings. The van der Waals surface area contributed by atoms with E-state index >= 15 is 0 Å². The van der Waals surface area contributed by atoms with Gasteiger partial charge in [-0.3, -0.25) is 9.59 Å². The predicted molar refractivity (Wildman–Crippen MR) is 112 cm³/mol. The third kappa shape index (κ3) is 4.74. The summed E-state index contributed by atoms with van der Waals surface area (Å²) >= 11 is 0. The highest BCUT2D eigenvalue weighted by Gasteiger charge is 2.23. The monoisotopic (exact) mass is 394 g/mol. The molecule has 7 heteroatoms. The number of rotatable bonds is 5. The summed E-state index contributed by atoms with van der Waals surface area (Å²) in [6.45, 7) is 2.49. The Kier molecular flexibility index (Phi) is 6.05. The molecule has 0 saturated carbocycles. The van der Waals surface area contributed by atoms with Crippen LogP contribution in [-0.2, 0) is 9.53 Å². The molecule has 0 radical (unpaired) electrons. The average molecular weight is 394 g/mol. The topological polar surface area (TPSA) is 83.6 Å². The summed E-state index contributed by atoms with van der Waals surface area (Å²) in [5.74, 6) is 0.431.